The number of hydrogen-bond acceptors (Lipinski definition) is 2. The Morgan fingerprint density at radius 3 is 2.11 bits per heavy atom. The third-order valence-electron chi connectivity index (χ3n) is 3.07. The molecule has 0 saturated heterocycles. The highest BCUT2D eigenvalue weighted by atomic mass is 35.5. The maximum absolute atomic E-state index is 12.5. The van der Waals surface area contributed by atoms with Crippen molar-refractivity contribution in [1.29, 1.82) is 0 Å². The SMILES string of the molecule is CN(CC(C)(C)O)C(=O)C(C)(C)c1ccc(Cl)cc1. The average Bonchev–Trinajstić information content (AvgIpc) is 2.26. The highest BCUT2D eigenvalue weighted by Crippen LogP contribution is 2.27. The molecule has 0 saturated carbocycles. The summed E-state index contributed by atoms with van der Waals surface area (Å²) in [5, 5.41) is 10.4. The number of carbonyl (C=O) groups excluding carboxylic acids is 1. The number of nitrogens with zero attached hydrogens (tertiary/aromatic N) is 1. The van der Waals surface area contributed by atoms with Crippen molar-refractivity contribution in [3.05, 3.63) is 34.9 Å². The minimum absolute atomic E-state index is 0.0306. The van der Waals surface area contributed by atoms with Crippen molar-refractivity contribution in [2.45, 2.75) is 38.7 Å². The van der Waals surface area contributed by atoms with E-state index in [1.165, 1.54) is 0 Å². The average molecular weight is 284 g/mol. The van der Waals surface area contributed by atoms with Crippen molar-refractivity contribution in [2.75, 3.05) is 13.6 Å². The zero-order chi connectivity index (χ0) is 14.8. The van der Waals surface area contributed by atoms with Crippen LogP contribution in [0.3, 0.4) is 0 Å². The third-order valence-corrected chi connectivity index (χ3v) is 3.32. The van der Waals surface area contributed by atoms with Gasteiger partial charge in [-0.1, -0.05) is 23.7 Å². The minimum atomic E-state index is -0.902. The van der Waals surface area contributed by atoms with Gasteiger partial charge in [0, 0.05) is 18.6 Å². The number of benzene rings is 1. The fourth-order valence-corrected chi connectivity index (χ4v) is 2.25. The van der Waals surface area contributed by atoms with Crippen LogP contribution in [-0.2, 0) is 10.2 Å². The lowest BCUT2D eigenvalue weighted by Crippen LogP contribution is -2.46. The van der Waals surface area contributed by atoms with Crippen molar-refractivity contribution in [2.24, 2.45) is 0 Å². The van der Waals surface area contributed by atoms with Gasteiger partial charge in [0.2, 0.25) is 5.91 Å². The van der Waals surface area contributed by atoms with E-state index in [-0.39, 0.29) is 5.91 Å². The molecular formula is C15H22ClNO2. The molecule has 0 radical (unpaired) electrons. The smallest absolute Gasteiger partial charge is 0.232 e. The predicted octanol–water partition coefficient (Wildman–Crippen LogP) is 2.85. The zero-order valence-corrected chi connectivity index (χ0v) is 13.0. The van der Waals surface area contributed by atoms with Crippen LogP contribution < -0.4 is 0 Å². The Morgan fingerprint density at radius 1 is 1.21 bits per heavy atom. The molecule has 0 spiro atoms. The fourth-order valence-electron chi connectivity index (χ4n) is 2.12. The Hall–Kier alpha value is -1.06. The van der Waals surface area contributed by atoms with Crippen LogP contribution >= 0.6 is 11.6 Å². The van der Waals surface area contributed by atoms with E-state index in [2.05, 4.69) is 0 Å². The summed E-state index contributed by atoms with van der Waals surface area (Å²) in [7, 11) is 1.71. The summed E-state index contributed by atoms with van der Waals surface area (Å²) >= 11 is 5.86. The summed E-state index contributed by atoms with van der Waals surface area (Å²) in [6.07, 6.45) is 0. The lowest BCUT2D eigenvalue weighted by molar-refractivity contribution is -0.137. The van der Waals surface area contributed by atoms with Gasteiger partial charge in [-0.25, -0.2) is 0 Å². The first kappa shape index (κ1) is 16.0. The molecular weight excluding hydrogens is 262 g/mol. The first-order chi connectivity index (χ1) is 8.54. The molecule has 1 N–H and O–H groups in total. The van der Waals surface area contributed by atoms with E-state index in [1.807, 2.05) is 26.0 Å². The van der Waals surface area contributed by atoms with Crippen molar-refractivity contribution in [3.8, 4) is 0 Å². The van der Waals surface area contributed by atoms with Crippen LogP contribution in [0.4, 0.5) is 0 Å². The second-order valence-corrected chi connectivity index (χ2v) is 6.54. The lowest BCUT2D eigenvalue weighted by atomic mass is 9.83. The third kappa shape index (κ3) is 4.22. The molecule has 0 aliphatic heterocycles. The van der Waals surface area contributed by atoms with Gasteiger partial charge in [-0.2, -0.15) is 0 Å². The van der Waals surface area contributed by atoms with Crippen LogP contribution in [0.5, 0.6) is 0 Å². The molecule has 1 rings (SSSR count). The van der Waals surface area contributed by atoms with Gasteiger partial charge in [0.1, 0.15) is 0 Å². The fraction of sp³-hybridized carbons (Fsp3) is 0.533. The van der Waals surface area contributed by atoms with Crippen molar-refractivity contribution < 1.29 is 9.90 Å². The maximum Gasteiger partial charge on any atom is 0.232 e. The van der Waals surface area contributed by atoms with E-state index in [9.17, 15) is 9.90 Å². The molecule has 1 aromatic carbocycles. The number of halogens is 1. The van der Waals surface area contributed by atoms with Crippen LogP contribution in [0.1, 0.15) is 33.3 Å². The molecule has 1 amide bonds. The molecule has 0 unspecified atom stereocenters. The predicted molar refractivity (Wildman–Crippen MR) is 78.4 cm³/mol. The number of amides is 1. The Bertz CT molecular complexity index is 446. The first-order valence-corrected chi connectivity index (χ1v) is 6.66. The van der Waals surface area contributed by atoms with E-state index in [4.69, 9.17) is 11.6 Å². The van der Waals surface area contributed by atoms with E-state index < -0.39 is 11.0 Å². The first-order valence-electron chi connectivity index (χ1n) is 6.28. The van der Waals surface area contributed by atoms with E-state index in [0.29, 0.717) is 11.6 Å². The van der Waals surface area contributed by atoms with Crippen LogP contribution in [-0.4, -0.2) is 35.1 Å². The highest BCUT2D eigenvalue weighted by Gasteiger charge is 2.33. The lowest BCUT2D eigenvalue weighted by Gasteiger charge is -2.33. The molecule has 0 aromatic heterocycles. The second kappa shape index (κ2) is 5.51. The topological polar surface area (TPSA) is 40.5 Å². The number of likely N-dealkylation sites (N-methyl/N-ethyl adjacent to an activating group) is 1. The maximum atomic E-state index is 12.5. The molecule has 0 aliphatic rings. The minimum Gasteiger partial charge on any atom is -0.389 e. The quantitative estimate of drug-likeness (QED) is 0.923. The molecule has 4 heteroatoms. The normalized spacial score (nSPS) is 12.4. The molecule has 106 valence electrons. The summed E-state index contributed by atoms with van der Waals surface area (Å²) in [6.45, 7) is 7.42. The largest absolute Gasteiger partial charge is 0.389 e. The van der Waals surface area contributed by atoms with Crippen molar-refractivity contribution >= 4 is 17.5 Å². The zero-order valence-electron chi connectivity index (χ0n) is 12.2. The van der Waals surface area contributed by atoms with Gasteiger partial charge >= 0.3 is 0 Å². The summed E-state index contributed by atoms with van der Waals surface area (Å²) in [6, 6.07) is 7.28. The summed E-state index contributed by atoms with van der Waals surface area (Å²) in [4.78, 5) is 14.1. The van der Waals surface area contributed by atoms with Gasteiger partial charge in [-0.3, -0.25) is 4.79 Å². The summed E-state index contributed by atoms with van der Waals surface area (Å²) in [5.74, 6) is -0.0306. The number of carbonyl (C=O) groups is 1. The molecule has 3 nitrogen and oxygen atoms in total. The molecule has 0 heterocycles. The standard InChI is InChI=1S/C15H22ClNO2/c1-14(2,19)10-17(5)13(18)15(3,4)11-6-8-12(16)9-7-11/h6-9,19H,10H2,1-5H3. The number of rotatable bonds is 4. The van der Waals surface area contributed by atoms with Crippen LogP contribution in [0.15, 0.2) is 24.3 Å². The van der Waals surface area contributed by atoms with E-state index in [1.54, 1.807) is 37.9 Å². The van der Waals surface area contributed by atoms with Gasteiger partial charge in [0.05, 0.1) is 11.0 Å². The summed E-state index contributed by atoms with van der Waals surface area (Å²) < 4.78 is 0. The molecule has 0 atom stereocenters. The number of hydrogen-bond donors (Lipinski definition) is 1. The van der Waals surface area contributed by atoms with Gasteiger partial charge in [-0.15, -0.1) is 0 Å². The Kier molecular flexibility index (Phi) is 4.64. The monoisotopic (exact) mass is 283 g/mol. The van der Waals surface area contributed by atoms with Crippen LogP contribution in [0, 0.1) is 0 Å². The summed E-state index contributed by atoms with van der Waals surface area (Å²) in [5.41, 5.74) is -0.644. The van der Waals surface area contributed by atoms with Crippen LogP contribution in [0.2, 0.25) is 5.02 Å². The Balaban J connectivity index is 2.93. The number of aliphatic hydroxyl groups is 1. The van der Waals surface area contributed by atoms with E-state index >= 15 is 0 Å². The highest BCUT2D eigenvalue weighted by molar-refractivity contribution is 6.30. The molecule has 19 heavy (non-hydrogen) atoms. The van der Waals surface area contributed by atoms with Gasteiger partial charge in [0.15, 0.2) is 0 Å². The Morgan fingerprint density at radius 2 is 1.68 bits per heavy atom. The molecule has 1 aromatic rings. The molecule has 0 bridgehead atoms. The van der Waals surface area contributed by atoms with Crippen LogP contribution in [0.25, 0.3) is 0 Å². The van der Waals surface area contributed by atoms with Crippen molar-refractivity contribution in [1.82, 2.24) is 4.90 Å². The van der Waals surface area contributed by atoms with Gasteiger partial charge < -0.3 is 10.0 Å². The molecule has 0 aliphatic carbocycles. The second-order valence-electron chi connectivity index (χ2n) is 6.11. The van der Waals surface area contributed by atoms with Gasteiger partial charge in [0.25, 0.3) is 0 Å². The van der Waals surface area contributed by atoms with E-state index in [0.717, 1.165) is 5.56 Å². The Labute approximate surface area is 120 Å². The van der Waals surface area contributed by atoms with Crippen molar-refractivity contribution in [3.63, 3.8) is 0 Å². The van der Waals surface area contributed by atoms with Gasteiger partial charge in [-0.05, 0) is 45.4 Å². The molecule has 0 fully saturated rings.